The zero-order chi connectivity index (χ0) is 16.8. The third kappa shape index (κ3) is 9.29. The molecule has 0 heterocycles. The van der Waals surface area contributed by atoms with Crippen LogP contribution in [0.3, 0.4) is 0 Å². The lowest BCUT2D eigenvalue weighted by Gasteiger charge is -2.16. The van der Waals surface area contributed by atoms with Gasteiger partial charge >= 0.3 is 0 Å². The smallest absolute Gasteiger partial charge is 0.0234 e. The molecular formula is C21H30ClN. The SMILES string of the molecule is C=C(C)c1cc(C)cc(CN(C)C/C=C/C#CC(C)(C)C)c1.Cl. The molecule has 1 aromatic rings. The summed E-state index contributed by atoms with van der Waals surface area (Å²) in [7, 11) is 2.13. The molecule has 0 radical (unpaired) electrons. The summed E-state index contributed by atoms with van der Waals surface area (Å²) in [6.07, 6.45) is 4.07. The number of hydrogen-bond donors (Lipinski definition) is 0. The van der Waals surface area contributed by atoms with Gasteiger partial charge in [0.1, 0.15) is 0 Å². The number of allylic oxidation sites excluding steroid dienone is 2. The molecule has 126 valence electrons. The summed E-state index contributed by atoms with van der Waals surface area (Å²) in [5.74, 6) is 6.32. The van der Waals surface area contributed by atoms with Crippen LogP contribution in [0, 0.1) is 24.2 Å². The van der Waals surface area contributed by atoms with Crippen LogP contribution >= 0.6 is 12.4 Å². The van der Waals surface area contributed by atoms with Crippen LogP contribution in [0.4, 0.5) is 0 Å². The van der Waals surface area contributed by atoms with Gasteiger partial charge in [-0.05, 0) is 58.9 Å². The third-order valence-corrected chi connectivity index (χ3v) is 3.15. The minimum atomic E-state index is 0. The monoisotopic (exact) mass is 331 g/mol. The highest BCUT2D eigenvalue weighted by molar-refractivity contribution is 5.85. The van der Waals surface area contributed by atoms with Crippen molar-refractivity contribution in [3.63, 3.8) is 0 Å². The highest BCUT2D eigenvalue weighted by atomic mass is 35.5. The second-order valence-electron chi connectivity index (χ2n) is 7.11. The molecule has 0 aliphatic carbocycles. The van der Waals surface area contributed by atoms with Gasteiger partial charge in [0.05, 0.1) is 0 Å². The van der Waals surface area contributed by atoms with E-state index in [1.807, 2.05) is 6.08 Å². The number of hydrogen-bond acceptors (Lipinski definition) is 1. The lowest BCUT2D eigenvalue weighted by molar-refractivity contribution is 0.363. The molecule has 0 aliphatic rings. The van der Waals surface area contributed by atoms with E-state index in [1.54, 1.807) is 0 Å². The third-order valence-electron chi connectivity index (χ3n) is 3.15. The number of rotatable bonds is 5. The summed E-state index contributed by atoms with van der Waals surface area (Å²) in [6.45, 7) is 16.4. The van der Waals surface area contributed by atoms with Gasteiger partial charge in [0.25, 0.3) is 0 Å². The standard InChI is InChI=1S/C21H29N.ClH/c1-17(2)20-14-18(3)13-19(15-20)16-22(7)12-10-8-9-11-21(4,5)6;/h8,10,13-15H,1,12,16H2,2-7H3;1H/b10-8+;. The van der Waals surface area contributed by atoms with Gasteiger partial charge in [-0.25, -0.2) is 0 Å². The van der Waals surface area contributed by atoms with Crippen molar-refractivity contribution in [1.82, 2.24) is 4.90 Å². The Bertz CT molecular complexity index is 609. The minimum Gasteiger partial charge on any atom is -0.298 e. The van der Waals surface area contributed by atoms with Gasteiger partial charge in [-0.2, -0.15) is 0 Å². The summed E-state index contributed by atoms with van der Waals surface area (Å²) in [5.41, 5.74) is 5.03. The highest BCUT2D eigenvalue weighted by Crippen LogP contribution is 2.17. The Kier molecular flexibility index (Phi) is 8.98. The number of benzene rings is 1. The maximum atomic E-state index is 4.04. The van der Waals surface area contributed by atoms with Crippen molar-refractivity contribution >= 4 is 18.0 Å². The van der Waals surface area contributed by atoms with Gasteiger partial charge in [0.2, 0.25) is 0 Å². The molecule has 0 saturated carbocycles. The molecule has 0 aliphatic heterocycles. The quantitative estimate of drug-likeness (QED) is 0.645. The van der Waals surface area contributed by atoms with Gasteiger partial charge in [0, 0.05) is 18.5 Å². The Labute approximate surface area is 148 Å². The van der Waals surface area contributed by atoms with Crippen LogP contribution < -0.4 is 0 Å². The van der Waals surface area contributed by atoms with E-state index in [4.69, 9.17) is 0 Å². The molecule has 0 spiro atoms. The van der Waals surface area contributed by atoms with Gasteiger partial charge in [-0.3, -0.25) is 4.90 Å². The van der Waals surface area contributed by atoms with E-state index in [9.17, 15) is 0 Å². The average molecular weight is 332 g/mol. The first-order valence-corrected chi connectivity index (χ1v) is 7.80. The molecule has 1 aromatic carbocycles. The molecule has 23 heavy (non-hydrogen) atoms. The second kappa shape index (κ2) is 9.60. The average Bonchev–Trinajstić information content (AvgIpc) is 2.36. The maximum absolute atomic E-state index is 4.04. The maximum Gasteiger partial charge on any atom is 0.0234 e. The first-order valence-electron chi connectivity index (χ1n) is 7.80. The largest absolute Gasteiger partial charge is 0.298 e. The molecule has 0 N–H and O–H groups in total. The Morgan fingerprint density at radius 3 is 2.48 bits per heavy atom. The first kappa shape index (κ1) is 21.5. The molecule has 1 rings (SSSR count). The fraction of sp³-hybridized carbons (Fsp3) is 0.429. The molecule has 2 heteroatoms. The Balaban J connectivity index is 0.00000484. The summed E-state index contributed by atoms with van der Waals surface area (Å²) in [5, 5.41) is 0. The van der Waals surface area contributed by atoms with Gasteiger partial charge in [-0.15, -0.1) is 12.4 Å². The minimum absolute atomic E-state index is 0. The molecule has 0 unspecified atom stereocenters. The zero-order valence-electron chi connectivity index (χ0n) is 15.4. The van der Waals surface area contributed by atoms with Crippen molar-refractivity contribution in [3.8, 4) is 11.8 Å². The fourth-order valence-electron chi connectivity index (χ4n) is 2.13. The summed E-state index contributed by atoms with van der Waals surface area (Å²) >= 11 is 0. The van der Waals surface area contributed by atoms with Gasteiger partial charge < -0.3 is 0 Å². The van der Waals surface area contributed by atoms with Crippen molar-refractivity contribution in [1.29, 1.82) is 0 Å². The molecule has 0 amide bonds. The highest BCUT2D eigenvalue weighted by Gasteiger charge is 2.03. The molecule has 1 nitrogen and oxygen atoms in total. The Hall–Kier alpha value is -1.49. The molecule has 0 aromatic heterocycles. The molecule has 0 saturated heterocycles. The summed E-state index contributed by atoms with van der Waals surface area (Å²) in [4.78, 5) is 2.28. The topological polar surface area (TPSA) is 3.24 Å². The number of nitrogens with zero attached hydrogens (tertiary/aromatic N) is 1. The van der Waals surface area contributed by atoms with E-state index in [-0.39, 0.29) is 17.8 Å². The number of halogens is 1. The van der Waals surface area contributed by atoms with Gasteiger partial charge in [-0.1, -0.05) is 53.8 Å². The number of aryl methyl sites for hydroxylation is 1. The van der Waals surface area contributed by atoms with E-state index in [0.29, 0.717) is 0 Å². The zero-order valence-corrected chi connectivity index (χ0v) is 16.2. The lowest BCUT2D eigenvalue weighted by atomic mass is 9.98. The van der Waals surface area contributed by atoms with E-state index in [1.165, 1.54) is 16.7 Å². The Morgan fingerprint density at radius 2 is 1.91 bits per heavy atom. The van der Waals surface area contributed by atoms with E-state index in [0.717, 1.165) is 18.7 Å². The normalized spacial score (nSPS) is 11.1. The Morgan fingerprint density at radius 1 is 1.26 bits per heavy atom. The van der Waals surface area contributed by atoms with E-state index >= 15 is 0 Å². The summed E-state index contributed by atoms with van der Waals surface area (Å²) < 4.78 is 0. The van der Waals surface area contributed by atoms with Crippen LogP contribution in [0.5, 0.6) is 0 Å². The summed E-state index contributed by atoms with van der Waals surface area (Å²) in [6, 6.07) is 6.66. The van der Waals surface area contributed by atoms with Crippen LogP contribution in [0.25, 0.3) is 5.57 Å². The molecule has 0 fully saturated rings. The van der Waals surface area contributed by atoms with Crippen molar-refractivity contribution < 1.29 is 0 Å². The van der Waals surface area contributed by atoms with Crippen LogP contribution in [0.15, 0.2) is 36.9 Å². The van der Waals surface area contributed by atoms with Crippen molar-refractivity contribution in [3.05, 3.63) is 53.6 Å². The van der Waals surface area contributed by atoms with Gasteiger partial charge in [0.15, 0.2) is 0 Å². The fourth-order valence-corrected chi connectivity index (χ4v) is 2.13. The molecule has 0 bridgehead atoms. The van der Waals surface area contributed by atoms with E-state index < -0.39 is 0 Å². The van der Waals surface area contributed by atoms with Crippen LogP contribution in [0.1, 0.15) is 44.4 Å². The lowest BCUT2D eigenvalue weighted by Crippen LogP contribution is -2.17. The van der Waals surface area contributed by atoms with Crippen molar-refractivity contribution in [2.24, 2.45) is 5.41 Å². The van der Waals surface area contributed by atoms with E-state index in [2.05, 4.69) is 89.3 Å². The molecular weight excluding hydrogens is 302 g/mol. The first-order chi connectivity index (χ1) is 10.2. The van der Waals surface area contributed by atoms with Crippen LogP contribution in [0.2, 0.25) is 0 Å². The number of likely N-dealkylation sites (N-methyl/N-ethyl adjacent to an activating group) is 1. The van der Waals surface area contributed by atoms with Crippen LogP contribution in [-0.4, -0.2) is 18.5 Å². The molecule has 0 atom stereocenters. The predicted molar refractivity (Wildman–Crippen MR) is 106 cm³/mol. The van der Waals surface area contributed by atoms with Crippen molar-refractivity contribution in [2.75, 3.05) is 13.6 Å². The second-order valence-corrected chi connectivity index (χ2v) is 7.11. The van der Waals surface area contributed by atoms with Crippen molar-refractivity contribution in [2.45, 2.75) is 41.2 Å². The predicted octanol–water partition coefficient (Wildman–Crippen LogP) is 5.49. The van der Waals surface area contributed by atoms with Crippen LogP contribution in [-0.2, 0) is 6.54 Å².